The highest BCUT2D eigenvalue weighted by Gasteiger charge is 2.09. The number of esters is 1. The number of halogens is 1. The summed E-state index contributed by atoms with van der Waals surface area (Å²) in [6.07, 6.45) is -1.18. The fourth-order valence-electron chi connectivity index (χ4n) is 1.08. The molecule has 0 aliphatic heterocycles. The number of hydrogen-bond acceptors (Lipinski definition) is 3. The van der Waals surface area contributed by atoms with Crippen molar-refractivity contribution in [2.45, 2.75) is 6.17 Å². The summed E-state index contributed by atoms with van der Waals surface area (Å²) in [6, 6.07) is 6.10. The molecule has 14 heavy (non-hydrogen) atoms. The Hall–Kier alpha value is -1.42. The van der Waals surface area contributed by atoms with Gasteiger partial charge in [0.05, 0.1) is 12.7 Å². The quantitative estimate of drug-likeness (QED) is 0.746. The van der Waals surface area contributed by atoms with Gasteiger partial charge in [-0.05, 0) is 17.7 Å². The molecule has 1 unspecified atom stereocenters. The Kier molecular flexibility index (Phi) is 3.59. The van der Waals surface area contributed by atoms with Crippen LogP contribution in [-0.2, 0) is 4.74 Å². The predicted octanol–water partition coefficient (Wildman–Crippen LogP) is 1.44. The molecule has 0 aliphatic rings. The maximum absolute atomic E-state index is 13.0. The van der Waals surface area contributed by atoms with Gasteiger partial charge in [0.1, 0.15) is 6.17 Å². The first kappa shape index (κ1) is 10.7. The van der Waals surface area contributed by atoms with Crippen LogP contribution in [0.4, 0.5) is 4.39 Å². The van der Waals surface area contributed by atoms with E-state index in [2.05, 4.69) is 4.74 Å². The van der Waals surface area contributed by atoms with E-state index < -0.39 is 12.1 Å². The van der Waals surface area contributed by atoms with Crippen LogP contribution < -0.4 is 5.73 Å². The maximum atomic E-state index is 13.0. The molecular formula is C10H12FNO2. The van der Waals surface area contributed by atoms with Crippen LogP contribution in [0, 0.1) is 0 Å². The second kappa shape index (κ2) is 4.72. The molecule has 0 fully saturated rings. The number of carbonyl (C=O) groups is 1. The lowest BCUT2D eigenvalue weighted by Gasteiger charge is -2.05. The number of rotatable bonds is 3. The molecular weight excluding hydrogens is 185 g/mol. The summed E-state index contributed by atoms with van der Waals surface area (Å²) < 4.78 is 17.5. The first-order valence-corrected chi connectivity index (χ1v) is 4.21. The predicted molar refractivity (Wildman–Crippen MR) is 50.7 cm³/mol. The van der Waals surface area contributed by atoms with Crippen LogP contribution in [0.3, 0.4) is 0 Å². The molecule has 1 rings (SSSR count). The number of carbonyl (C=O) groups excluding carboxylic acids is 1. The highest BCUT2D eigenvalue weighted by Crippen LogP contribution is 2.16. The third-order valence-corrected chi connectivity index (χ3v) is 1.90. The topological polar surface area (TPSA) is 52.3 Å². The van der Waals surface area contributed by atoms with Crippen molar-refractivity contribution in [1.82, 2.24) is 0 Å². The van der Waals surface area contributed by atoms with E-state index in [4.69, 9.17) is 5.73 Å². The van der Waals surface area contributed by atoms with Gasteiger partial charge in [-0.1, -0.05) is 12.1 Å². The van der Waals surface area contributed by atoms with Crippen LogP contribution in [0.2, 0.25) is 0 Å². The third-order valence-electron chi connectivity index (χ3n) is 1.90. The molecule has 1 aromatic carbocycles. The second-order valence-electron chi connectivity index (χ2n) is 2.82. The van der Waals surface area contributed by atoms with E-state index >= 15 is 0 Å². The Balaban J connectivity index is 2.83. The van der Waals surface area contributed by atoms with Crippen LogP contribution >= 0.6 is 0 Å². The Morgan fingerprint density at radius 2 is 2.07 bits per heavy atom. The van der Waals surface area contributed by atoms with E-state index in [0.29, 0.717) is 11.1 Å². The van der Waals surface area contributed by atoms with Crippen molar-refractivity contribution in [2.24, 2.45) is 5.73 Å². The van der Waals surface area contributed by atoms with Gasteiger partial charge in [0, 0.05) is 6.54 Å². The largest absolute Gasteiger partial charge is 0.465 e. The summed E-state index contributed by atoms with van der Waals surface area (Å²) in [7, 11) is 1.30. The zero-order valence-corrected chi connectivity index (χ0v) is 7.87. The maximum Gasteiger partial charge on any atom is 0.337 e. The third kappa shape index (κ3) is 2.29. The van der Waals surface area contributed by atoms with E-state index in [1.54, 1.807) is 0 Å². The lowest BCUT2D eigenvalue weighted by molar-refractivity contribution is 0.0600. The fraction of sp³-hybridized carbons (Fsp3) is 0.300. The van der Waals surface area contributed by atoms with Gasteiger partial charge < -0.3 is 10.5 Å². The van der Waals surface area contributed by atoms with E-state index in [-0.39, 0.29) is 6.54 Å². The smallest absolute Gasteiger partial charge is 0.337 e. The van der Waals surface area contributed by atoms with Gasteiger partial charge >= 0.3 is 5.97 Å². The van der Waals surface area contributed by atoms with Crippen molar-refractivity contribution in [3.63, 3.8) is 0 Å². The summed E-state index contributed by atoms with van der Waals surface area (Å²) in [5.74, 6) is -0.431. The lowest BCUT2D eigenvalue weighted by Crippen LogP contribution is -2.08. The number of hydrogen-bond donors (Lipinski definition) is 1. The standard InChI is InChI=1S/C10H12FNO2/c1-14-10(13)8-4-2-7(3-5-8)9(11)6-12/h2-5,9H,6,12H2,1H3. The molecule has 0 radical (unpaired) electrons. The van der Waals surface area contributed by atoms with Crippen LogP contribution in [0.25, 0.3) is 0 Å². The second-order valence-corrected chi connectivity index (χ2v) is 2.82. The highest BCUT2D eigenvalue weighted by molar-refractivity contribution is 5.89. The molecule has 4 heteroatoms. The molecule has 1 aromatic rings. The fourth-order valence-corrected chi connectivity index (χ4v) is 1.08. The van der Waals surface area contributed by atoms with Crippen LogP contribution in [0.1, 0.15) is 22.1 Å². The Morgan fingerprint density at radius 1 is 1.50 bits per heavy atom. The zero-order valence-electron chi connectivity index (χ0n) is 7.87. The number of alkyl halides is 1. The molecule has 2 N–H and O–H groups in total. The van der Waals surface area contributed by atoms with E-state index in [1.807, 2.05) is 0 Å². The number of methoxy groups -OCH3 is 1. The highest BCUT2D eigenvalue weighted by atomic mass is 19.1. The Bertz CT molecular complexity index is 310. The van der Waals surface area contributed by atoms with Crippen LogP contribution in [-0.4, -0.2) is 19.6 Å². The average molecular weight is 197 g/mol. The number of nitrogens with two attached hydrogens (primary N) is 1. The first-order chi connectivity index (χ1) is 6.69. The van der Waals surface area contributed by atoms with Crippen molar-refractivity contribution in [2.75, 3.05) is 13.7 Å². The normalized spacial score (nSPS) is 12.2. The average Bonchev–Trinajstić information content (AvgIpc) is 2.27. The van der Waals surface area contributed by atoms with Gasteiger partial charge in [-0.15, -0.1) is 0 Å². The van der Waals surface area contributed by atoms with Gasteiger partial charge in [0.15, 0.2) is 0 Å². The molecule has 76 valence electrons. The van der Waals surface area contributed by atoms with E-state index in [9.17, 15) is 9.18 Å². The Labute approximate surface area is 81.7 Å². The first-order valence-electron chi connectivity index (χ1n) is 4.21. The molecule has 0 amide bonds. The summed E-state index contributed by atoms with van der Waals surface area (Å²) in [6.45, 7) is -0.0580. The zero-order chi connectivity index (χ0) is 10.6. The minimum Gasteiger partial charge on any atom is -0.465 e. The van der Waals surface area contributed by atoms with Gasteiger partial charge in [-0.3, -0.25) is 0 Å². The van der Waals surface area contributed by atoms with Crippen LogP contribution in [0.5, 0.6) is 0 Å². The lowest BCUT2D eigenvalue weighted by atomic mass is 10.1. The monoisotopic (exact) mass is 197 g/mol. The minimum absolute atomic E-state index is 0.0580. The molecule has 0 aliphatic carbocycles. The molecule has 0 saturated carbocycles. The molecule has 3 nitrogen and oxygen atoms in total. The number of ether oxygens (including phenoxy) is 1. The molecule has 0 bridgehead atoms. The van der Waals surface area contributed by atoms with Crippen molar-refractivity contribution >= 4 is 5.97 Å². The minimum atomic E-state index is -1.18. The van der Waals surface area contributed by atoms with Gasteiger partial charge in [-0.25, -0.2) is 9.18 Å². The Morgan fingerprint density at radius 3 is 2.50 bits per heavy atom. The molecule has 0 heterocycles. The number of benzene rings is 1. The molecule has 0 aromatic heterocycles. The molecule has 0 saturated heterocycles. The van der Waals surface area contributed by atoms with Crippen molar-refractivity contribution < 1.29 is 13.9 Å². The summed E-state index contributed by atoms with van der Waals surface area (Å²) >= 11 is 0. The van der Waals surface area contributed by atoms with Gasteiger partial charge in [-0.2, -0.15) is 0 Å². The summed E-state index contributed by atoms with van der Waals surface area (Å²) in [5, 5.41) is 0. The van der Waals surface area contributed by atoms with Crippen molar-refractivity contribution in [1.29, 1.82) is 0 Å². The van der Waals surface area contributed by atoms with Gasteiger partial charge in [0.25, 0.3) is 0 Å². The SMILES string of the molecule is COC(=O)c1ccc(C(F)CN)cc1. The molecule has 0 spiro atoms. The summed E-state index contributed by atoms with van der Waals surface area (Å²) in [4.78, 5) is 11.0. The van der Waals surface area contributed by atoms with Crippen molar-refractivity contribution in [3.8, 4) is 0 Å². The van der Waals surface area contributed by atoms with E-state index in [1.165, 1.54) is 31.4 Å². The van der Waals surface area contributed by atoms with E-state index in [0.717, 1.165) is 0 Å². The van der Waals surface area contributed by atoms with Crippen molar-refractivity contribution in [3.05, 3.63) is 35.4 Å². The van der Waals surface area contributed by atoms with Crippen LogP contribution in [0.15, 0.2) is 24.3 Å². The van der Waals surface area contributed by atoms with Gasteiger partial charge in [0.2, 0.25) is 0 Å². The summed E-state index contributed by atoms with van der Waals surface area (Å²) in [5.41, 5.74) is 6.04. The molecule has 1 atom stereocenters.